The van der Waals surface area contributed by atoms with Crippen molar-refractivity contribution in [1.82, 2.24) is 13.9 Å². The van der Waals surface area contributed by atoms with Crippen LogP contribution in [0.5, 0.6) is 0 Å². The second-order valence-corrected chi connectivity index (χ2v) is 9.98. The Balaban J connectivity index is 1.78. The lowest BCUT2D eigenvalue weighted by Crippen LogP contribution is -2.42. The fraction of sp³-hybridized carbons (Fsp3) is 0.292. The maximum Gasteiger partial charge on any atom is 0.262 e. The van der Waals surface area contributed by atoms with Crippen LogP contribution in [-0.2, 0) is 11.3 Å². The zero-order valence-corrected chi connectivity index (χ0v) is 19.2. The van der Waals surface area contributed by atoms with E-state index in [9.17, 15) is 14.0 Å². The number of halogens is 1. The number of hydrogen-bond acceptors (Lipinski definition) is 4. The minimum absolute atomic E-state index is 0.104. The lowest BCUT2D eigenvalue weighted by Gasteiger charge is -2.31. The Morgan fingerprint density at radius 2 is 1.94 bits per heavy atom. The maximum absolute atomic E-state index is 14.8. The fourth-order valence-electron chi connectivity index (χ4n) is 4.53. The normalized spacial score (nSPS) is 16.7. The van der Waals surface area contributed by atoms with E-state index >= 15 is 0 Å². The lowest BCUT2D eigenvalue weighted by atomic mass is 10.0. The number of thiazole rings is 1. The molecule has 2 aromatic heterocycles. The molecule has 0 radical (unpaired) electrons. The number of carbonyl (C=O) groups is 1. The molecule has 1 aliphatic rings. The quantitative estimate of drug-likeness (QED) is 0.394. The number of amides is 1. The van der Waals surface area contributed by atoms with Crippen LogP contribution in [0.1, 0.15) is 19.8 Å². The number of benzene rings is 2. The minimum Gasteiger partial charge on any atom is -0.341 e. The molecule has 1 fully saturated rings. The van der Waals surface area contributed by atoms with Gasteiger partial charge in [0.15, 0.2) is 3.95 Å². The van der Waals surface area contributed by atoms with Crippen molar-refractivity contribution < 1.29 is 9.18 Å². The summed E-state index contributed by atoms with van der Waals surface area (Å²) >= 11 is 6.90. The van der Waals surface area contributed by atoms with Crippen LogP contribution in [0.25, 0.3) is 27.0 Å². The molecule has 1 amide bonds. The molecule has 1 atom stereocenters. The average Bonchev–Trinajstić information content (AvgIpc) is 3.13. The number of fused-ring (bicyclic) bond motifs is 3. The van der Waals surface area contributed by atoms with E-state index in [1.165, 1.54) is 22.0 Å². The Hall–Kier alpha value is -2.84. The Morgan fingerprint density at radius 3 is 2.72 bits per heavy atom. The van der Waals surface area contributed by atoms with E-state index in [1.807, 2.05) is 17.0 Å². The maximum atomic E-state index is 14.8. The molecule has 0 spiro atoms. The molecule has 164 valence electrons. The Kier molecular flexibility index (Phi) is 5.43. The number of aromatic nitrogens is 2. The lowest BCUT2D eigenvalue weighted by molar-refractivity contribution is -0.133. The summed E-state index contributed by atoms with van der Waals surface area (Å²) in [6.07, 6.45) is 2.06. The van der Waals surface area contributed by atoms with Crippen molar-refractivity contribution in [2.75, 3.05) is 13.1 Å². The van der Waals surface area contributed by atoms with Crippen molar-refractivity contribution in [2.24, 2.45) is 5.92 Å². The van der Waals surface area contributed by atoms with Crippen LogP contribution in [0.4, 0.5) is 4.39 Å². The summed E-state index contributed by atoms with van der Waals surface area (Å²) in [5.41, 5.74) is 1.22. The molecule has 4 aromatic rings. The van der Waals surface area contributed by atoms with Gasteiger partial charge in [-0.05, 0) is 49.2 Å². The molecule has 1 saturated heterocycles. The highest BCUT2D eigenvalue weighted by atomic mass is 32.1. The van der Waals surface area contributed by atoms with Crippen molar-refractivity contribution >= 4 is 46.0 Å². The molecule has 3 heterocycles. The van der Waals surface area contributed by atoms with Crippen LogP contribution in [0, 0.1) is 15.7 Å². The van der Waals surface area contributed by atoms with E-state index in [-0.39, 0.29) is 18.0 Å². The largest absolute Gasteiger partial charge is 0.341 e. The van der Waals surface area contributed by atoms with E-state index < -0.39 is 5.82 Å². The molecule has 5 rings (SSSR count). The van der Waals surface area contributed by atoms with E-state index in [1.54, 1.807) is 34.7 Å². The molecule has 0 aliphatic carbocycles. The summed E-state index contributed by atoms with van der Waals surface area (Å²) in [6, 6.07) is 13.6. The summed E-state index contributed by atoms with van der Waals surface area (Å²) in [4.78, 5) is 29.2. The van der Waals surface area contributed by atoms with Crippen molar-refractivity contribution in [1.29, 1.82) is 0 Å². The SMILES string of the molecule is CC1CCCN(C(=O)Cn2c(=O)c3ccccc3n3c(=S)sc(-c4ccccc4F)c23)C1. The number of rotatable bonds is 3. The predicted octanol–water partition coefficient (Wildman–Crippen LogP) is 5.11. The zero-order valence-electron chi connectivity index (χ0n) is 17.6. The van der Waals surface area contributed by atoms with Crippen LogP contribution in [0.2, 0.25) is 0 Å². The van der Waals surface area contributed by atoms with Crippen LogP contribution in [0.3, 0.4) is 0 Å². The van der Waals surface area contributed by atoms with E-state index in [4.69, 9.17) is 12.2 Å². The van der Waals surface area contributed by atoms with Crippen LogP contribution >= 0.6 is 23.6 Å². The highest BCUT2D eigenvalue weighted by Gasteiger charge is 2.25. The third kappa shape index (κ3) is 3.47. The summed E-state index contributed by atoms with van der Waals surface area (Å²) in [5.74, 6) is -0.0631. The van der Waals surface area contributed by atoms with Crippen LogP contribution in [-0.4, -0.2) is 32.9 Å². The smallest absolute Gasteiger partial charge is 0.262 e. The van der Waals surface area contributed by atoms with Gasteiger partial charge in [-0.1, -0.05) is 37.3 Å². The molecule has 0 saturated carbocycles. The molecule has 0 bridgehead atoms. The van der Waals surface area contributed by atoms with Gasteiger partial charge in [0.2, 0.25) is 5.91 Å². The molecule has 32 heavy (non-hydrogen) atoms. The van der Waals surface area contributed by atoms with Gasteiger partial charge in [0, 0.05) is 18.7 Å². The zero-order chi connectivity index (χ0) is 22.4. The van der Waals surface area contributed by atoms with Gasteiger partial charge in [-0.2, -0.15) is 0 Å². The summed E-state index contributed by atoms with van der Waals surface area (Å²) in [7, 11) is 0. The average molecular weight is 468 g/mol. The van der Waals surface area contributed by atoms with E-state index in [0.717, 1.165) is 12.8 Å². The Labute approximate surface area is 193 Å². The Bertz CT molecular complexity index is 1470. The van der Waals surface area contributed by atoms with Gasteiger partial charge in [-0.3, -0.25) is 18.6 Å². The molecule has 1 unspecified atom stereocenters. The fourth-order valence-corrected chi connectivity index (χ4v) is 5.99. The number of hydrogen-bond donors (Lipinski definition) is 0. The van der Waals surface area contributed by atoms with E-state index in [2.05, 4.69) is 6.92 Å². The first-order valence-electron chi connectivity index (χ1n) is 10.7. The molecule has 2 aromatic carbocycles. The van der Waals surface area contributed by atoms with Crippen molar-refractivity contribution in [2.45, 2.75) is 26.3 Å². The van der Waals surface area contributed by atoms with Gasteiger partial charge in [-0.15, -0.1) is 11.3 Å². The van der Waals surface area contributed by atoms with Crippen molar-refractivity contribution in [3.63, 3.8) is 0 Å². The second kappa shape index (κ2) is 8.26. The summed E-state index contributed by atoms with van der Waals surface area (Å²) < 4.78 is 18.5. The first-order chi connectivity index (χ1) is 15.5. The van der Waals surface area contributed by atoms with Gasteiger partial charge in [0.05, 0.1) is 15.8 Å². The summed E-state index contributed by atoms with van der Waals surface area (Å²) in [6.45, 7) is 3.41. The first-order valence-corrected chi connectivity index (χ1v) is 11.9. The van der Waals surface area contributed by atoms with Crippen LogP contribution < -0.4 is 5.56 Å². The van der Waals surface area contributed by atoms with E-state index in [0.29, 0.717) is 50.0 Å². The monoisotopic (exact) mass is 467 g/mol. The Morgan fingerprint density at radius 1 is 1.19 bits per heavy atom. The molecule has 0 N–H and O–H groups in total. The third-order valence-corrected chi connectivity index (χ3v) is 7.48. The van der Waals surface area contributed by atoms with Crippen molar-refractivity contribution in [3.05, 3.63) is 68.7 Å². The molecule has 5 nitrogen and oxygen atoms in total. The van der Waals surface area contributed by atoms with Gasteiger partial charge >= 0.3 is 0 Å². The third-order valence-electron chi connectivity index (χ3n) is 6.08. The molecular formula is C24H22FN3O2S2. The topological polar surface area (TPSA) is 46.7 Å². The number of para-hydroxylation sites is 1. The van der Waals surface area contributed by atoms with Gasteiger partial charge in [-0.25, -0.2) is 4.39 Å². The first kappa shape index (κ1) is 21.0. The highest BCUT2D eigenvalue weighted by molar-refractivity contribution is 7.73. The number of nitrogens with zero attached hydrogens (tertiary/aromatic N) is 3. The highest BCUT2D eigenvalue weighted by Crippen LogP contribution is 2.34. The second-order valence-electron chi connectivity index (χ2n) is 8.33. The van der Waals surface area contributed by atoms with Gasteiger partial charge in [0.25, 0.3) is 5.56 Å². The molecular weight excluding hydrogens is 445 g/mol. The summed E-state index contributed by atoms with van der Waals surface area (Å²) in [5, 5.41) is 0.480. The molecule has 1 aliphatic heterocycles. The minimum atomic E-state index is -0.394. The van der Waals surface area contributed by atoms with Gasteiger partial charge < -0.3 is 4.90 Å². The molecule has 8 heteroatoms. The van der Waals surface area contributed by atoms with Gasteiger partial charge in [0.1, 0.15) is 18.0 Å². The van der Waals surface area contributed by atoms with Crippen molar-refractivity contribution in [3.8, 4) is 10.4 Å². The number of piperidine rings is 1. The number of carbonyl (C=O) groups excluding carboxylic acids is 1. The predicted molar refractivity (Wildman–Crippen MR) is 128 cm³/mol. The number of likely N-dealkylation sites (tertiary alicyclic amines) is 1. The standard InChI is InChI=1S/C24H22FN3O2S2/c1-15-7-6-12-26(13-15)20(29)14-27-22-21(16-8-2-4-10-18(16)25)32-24(31)28(22)19-11-5-3-9-17(19)23(27)30/h2-5,8-11,15H,6-7,12-14H2,1H3. The van der Waals surface area contributed by atoms with Crippen LogP contribution in [0.15, 0.2) is 53.3 Å².